The van der Waals surface area contributed by atoms with E-state index >= 15 is 0 Å². The number of hydrogen-bond acceptors (Lipinski definition) is 10. The van der Waals surface area contributed by atoms with E-state index in [1.807, 2.05) is 30.3 Å². The normalized spacial score (nSPS) is 10.6. The highest BCUT2D eigenvalue weighted by Gasteiger charge is 2.10. The molecule has 2 aromatic heterocycles. The van der Waals surface area contributed by atoms with E-state index < -0.39 is 0 Å². The molecule has 2 amide bonds. The zero-order valence-electron chi connectivity index (χ0n) is 14.7. The molecule has 0 aliphatic carbocycles. The van der Waals surface area contributed by atoms with Crippen molar-refractivity contribution < 1.29 is 9.59 Å². The molecule has 2 heterocycles. The molecule has 0 bridgehead atoms. The van der Waals surface area contributed by atoms with Crippen molar-refractivity contribution >= 4 is 68.3 Å². The van der Waals surface area contributed by atoms with E-state index in [-0.39, 0.29) is 11.8 Å². The first-order valence-electron chi connectivity index (χ1n) is 8.12. The maximum Gasteiger partial charge on any atom is 0.230 e. The van der Waals surface area contributed by atoms with Gasteiger partial charge in [0.05, 0.1) is 6.42 Å². The van der Waals surface area contributed by atoms with Crippen molar-refractivity contribution in [3.63, 3.8) is 0 Å². The van der Waals surface area contributed by atoms with Crippen LogP contribution >= 0.6 is 46.2 Å². The van der Waals surface area contributed by atoms with Crippen LogP contribution in [0.15, 0.2) is 39.0 Å². The van der Waals surface area contributed by atoms with Gasteiger partial charge in [-0.05, 0) is 5.56 Å². The molecule has 28 heavy (non-hydrogen) atoms. The molecule has 3 aromatic rings. The summed E-state index contributed by atoms with van der Waals surface area (Å²) in [6.07, 6.45) is 0.307. The van der Waals surface area contributed by atoms with E-state index in [2.05, 4.69) is 31.0 Å². The Morgan fingerprint density at radius 2 is 1.46 bits per heavy atom. The van der Waals surface area contributed by atoms with Crippen molar-refractivity contribution in [3.05, 3.63) is 35.9 Å². The predicted octanol–water partition coefficient (Wildman–Crippen LogP) is 3.41. The quantitative estimate of drug-likeness (QED) is 0.289. The highest BCUT2D eigenvalue weighted by atomic mass is 32.2. The lowest BCUT2D eigenvalue weighted by Crippen LogP contribution is -2.14. The van der Waals surface area contributed by atoms with Gasteiger partial charge in [-0.3, -0.25) is 9.59 Å². The first-order chi connectivity index (χ1) is 13.6. The molecule has 146 valence electrons. The Kier molecular flexibility index (Phi) is 7.77. The second-order valence-electron chi connectivity index (χ2n) is 5.33. The van der Waals surface area contributed by atoms with Gasteiger partial charge in [-0.2, -0.15) is 0 Å². The van der Waals surface area contributed by atoms with Gasteiger partial charge in [0.2, 0.25) is 22.1 Å². The minimum Gasteiger partial charge on any atom is -0.301 e. The lowest BCUT2D eigenvalue weighted by Gasteiger charge is -2.00. The summed E-state index contributed by atoms with van der Waals surface area (Å²) in [4.78, 5) is 23.0. The number of anilines is 2. The molecule has 8 nitrogen and oxygen atoms in total. The topological polar surface area (TPSA) is 110 Å². The highest BCUT2D eigenvalue weighted by Crippen LogP contribution is 2.29. The van der Waals surface area contributed by atoms with Crippen molar-refractivity contribution in [2.24, 2.45) is 0 Å². The Bertz CT molecular complexity index is 930. The summed E-state index contributed by atoms with van der Waals surface area (Å²) in [6.45, 7) is 1.44. The van der Waals surface area contributed by atoms with E-state index in [0.29, 0.717) is 16.7 Å². The smallest absolute Gasteiger partial charge is 0.230 e. The Balaban J connectivity index is 1.38. The highest BCUT2D eigenvalue weighted by molar-refractivity contribution is 8.04. The lowest BCUT2D eigenvalue weighted by molar-refractivity contribution is -0.116. The average molecular weight is 453 g/mol. The summed E-state index contributed by atoms with van der Waals surface area (Å²) in [7, 11) is 0. The van der Waals surface area contributed by atoms with Gasteiger partial charge >= 0.3 is 0 Å². The maximum atomic E-state index is 12.1. The fourth-order valence-electron chi connectivity index (χ4n) is 1.99. The number of nitrogens with zero attached hydrogens (tertiary/aromatic N) is 4. The van der Waals surface area contributed by atoms with Crippen LogP contribution in [0.4, 0.5) is 10.3 Å². The standard InChI is InChI=1S/C16H16N6O2S4/c1-10(23)17-13-19-21-15(27-13)25-7-8-26-16-22-20-14(28-16)18-12(24)9-11-5-3-2-4-6-11/h2-6H,7-9H2,1H3,(H,17,19,23)(H,18,20,24). The summed E-state index contributed by atoms with van der Waals surface area (Å²) >= 11 is 5.84. The van der Waals surface area contributed by atoms with Crippen LogP contribution in [0.5, 0.6) is 0 Å². The van der Waals surface area contributed by atoms with E-state index in [0.717, 1.165) is 25.7 Å². The van der Waals surface area contributed by atoms with Gasteiger partial charge in [0.25, 0.3) is 0 Å². The number of thioether (sulfide) groups is 2. The van der Waals surface area contributed by atoms with Gasteiger partial charge in [-0.25, -0.2) is 0 Å². The zero-order valence-corrected chi connectivity index (χ0v) is 18.0. The van der Waals surface area contributed by atoms with Gasteiger partial charge in [0.1, 0.15) is 0 Å². The zero-order chi connectivity index (χ0) is 19.8. The Hall–Kier alpha value is -2.02. The summed E-state index contributed by atoms with van der Waals surface area (Å²) in [6, 6.07) is 9.55. The third-order valence-electron chi connectivity index (χ3n) is 3.08. The molecule has 12 heteroatoms. The molecule has 0 saturated carbocycles. The Morgan fingerprint density at radius 1 is 0.893 bits per heavy atom. The summed E-state index contributed by atoms with van der Waals surface area (Å²) in [5, 5.41) is 22.4. The van der Waals surface area contributed by atoms with Crippen LogP contribution in [0.1, 0.15) is 12.5 Å². The van der Waals surface area contributed by atoms with E-state index in [4.69, 9.17) is 0 Å². The molecule has 0 atom stereocenters. The Labute approximate surface area is 178 Å². The first-order valence-corrected chi connectivity index (χ1v) is 11.7. The van der Waals surface area contributed by atoms with Crippen molar-refractivity contribution in [3.8, 4) is 0 Å². The second-order valence-corrected chi connectivity index (χ2v) is 9.97. The van der Waals surface area contributed by atoms with Crippen LogP contribution in [-0.2, 0) is 16.0 Å². The molecule has 3 rings (SSSR count). The molecule has 1 aromatic carbocycles. The largest absolute Gasteiger partial charge is 0.301 e. The number of aromatic nitrogens is 4. The molecular formula is C16H16N6O2S4. The van der Waals surface area contributed by atoms with Crippen molar-refractivity contribution in [2.45, 2.75) is 22.0 Å². The van der Waals surface area contributed by atoms with Gasteiger partial charge in [-0.15, -0.1) is 20.4 Å². The minimum absolute atomic E-state index is 0.110. The van der Waals surface area contributed by atoms with Crippen molar-refractivity contribution in [1.82, 2.24) is 20.4 Å². The minimum atomic E-state index is -0.161. The SMILES string of the molecule is CC(=O)Nc1nnc(SCCSc2nnc(NC(=O)Cc3ccccc3)s2)s1. The molecule has 0 unspecified atom stereocenters. The summed E-state index contributed by atoms with van der Waals surface area (Å²) < 4.78 is 1.60. The number of carbonyl (C=O) groups is 2. The van der Waals surface area contributed by atoms with Crippen LogP contribution in [0.3, 0.4) is 0 Å². The van der Waals surface area contributed by atoms with Gasteiger partial charge in [-0.1, -0.05) is 76.5 Å². The fraction of sp³-hybridized carbons (Fsp3) is 0.250. The van der Waals surface area contributed by atoms with Crippen LogP contribution in [0, 0.1) is 0 Å². The third kappa shape index (κ3) is 6.86. The predicted molar refractivity (Wildman–Crippen MR) is 114 cm³/mol. The van der Waals surface area contributed by atoms with Crippen LogP contribution in [0.2, 0.25) is 0 Å². The van der Waals surface area contributed by atoms with Crippen LogP contribution < -0.4 is 10.6 Å². The number of amides is 2. The Morgan fingerprint density at radius 3 is 2.04 bits per heavy atom. The van der Waals surface area contributed by atoms with Crippen molar-refractivity contribution in [2.75, 3.05) is 22.1 Å². The molecular weight excluding hydrogens is 436 g/mol. The average Bonchev–Trinajstić information content (AvgIpc) is 3.28. The lowest BCUT2D eigenvalue weighted by atomic mass is 10.1. The van der Waals surface area contributed by atoms with Gasteiger partial charge in [0, 0.05) is 18.4 Å². The number of hydrogen-bond donors (Lipinski definition) is 2. The molecule has 0 saturated heterocycles. The molecule has 0 radical (unpaired) electrons. The van der Waals surface area contributed by atoms with Crippen LogP contribution in [0.25, 0.3) is 0 Å². The second kappa shape index (κ2) is 10.5. The van der Waals surface area contributed by atoms with Crippen LogP contribution in [-0.4, -0.2) is 43.7 Å². The van der Waals surface area contributed by atoms with Gasteiger partial charge in [0.15, 0.2) is 8.68 Å². The first kappa shape index (κ1) is 20.7. The maximum absolute atomic E-state index is 12.1. The monoisotopic (exact) mass is 452 g/mol. The number of nitrogens with one attached hydrogen (secondary N) is 2. The number of carbonyl (C=O) groups excluding carboxylic acids is 2. The number of rotatable bonds is 9. The fourth-order valence-corrected chi connectivity index (χ4v) is 5.67. The summed E-state index contributed by atoms with van der Waals surface area (Å²) in [5.74, 6) is 1.35. The summed E-state index contributed by atoms with van der Waals surface area (Å²) in [5.41, 5.74) is 0.953. The van der Waals surface area contributed by atoms with E-state index in [1.165, 1.54) is 29.6 Å². The van der Waals surface area contributed by atoms with E-state index in [9.17, 15) is 9.59 Å². The van der Waals surface area contributed by atoms with E-state index in [1.54, 1.807) is 23.5 Å². The number of benzene rings is 1. The van der Waals surface area contributed by atoms with Crippen molar-refractivity contribution in [1.29, 1.82) is 0 Å². The van der Waals surface area contributed by atoms with Gasteiger partial charge < -0.3 is 10.6 Å². The third-order valence-corrected chi connectivity index (χ3v) is 7.29. The molecule has 0 fully saturated rings. The molecule has 2 N–H and O–H groups in total. The molecule has 0 aliphatic heterocycles. The molecule has 0 spiro atoms. The molecule has 0 aliphatic rings.